The van der Waals surface area contributed by atoms with E-state index in [4.69, 9.17) is 10.5 Å². The Morgan fingerprint density at radius 3 is 2.25 bits per heavy atom. The van der Waals surface area contributed by atoms with Crippen molar-refractivity contribution in [2.75, 3.05) is 7.11 Å². The van der Waals surface area contributed by atoms with Gasteiger partial charge in [-0.25, -0.2) is 0 Å². The van der Waals surface area contributed by atoms with Gasteiger partial charge < -0.3 is 10.5 Å². The number of halogens is 1. The van der Waals surface area contributed by atoms with Crippen LogP contribution in [-0.4, -0.2) is 13.0 Å². The van der Waals surface area contributed by atoms with Crippen LogP contribution in [0.2, 0.25) is 0 Å². The number of primary amides is 1. The van der Waals surface area contributed by atoms with Crippen LogP contribution in [0.5, 0.6) is 5.75 Å². The van der Waals surface area contributed by atoms with Gasteiger partial charge in [0.1, 0.15) is 5.75 Å². The van der Waals surface area contributed by atoms with Crippen molar-refractivity contribution >= 4 is 34.0 Å². The molecule has 2 aromatic carbocycles. The van der Waals surface area contributed by atoms with Crippen molar-refractivity contribution in [3.8, 4) is 5.75 Å². The highest BCUT2D eigenvalue weighted by molar-refractivity contribution is 9.10. The summed E-state index contributed by atoms with van der Waals surface area (Å²) < 4.78 is 6.67. The average molecular weight is 388 g/mol. The number of carbonyl (C=O) groups excluding carboxylic acids is 1. The van der Waals surface area contributed by atoms with Crippen LogP contribution in [0.25, 0.3) is 12.2 Å². The van der Waals surface area contributed by atoms with E-state index >= 15 is 0 Å². The van der Waals surface area contributed by atoms with Gasteiger partial charge in [0.25, 0.3) is 0 Å². The smallest absolute Gasteiger partial charge is 0.248 e. The molecule has 24 heavy (non-hydrogen) atoms. The van der Waals surface area contributed by atoms with Gasteiger partial charge in [-0.05, 0) is 35.2 Å². The molecule has 0 fully saturated rings. The van der Waals surface area contributed by atoms with Crippen LogP contribution in [0, 0.1) is 0 Å². The molecule has 0 aromatic heterocycles. The van der Waals surface area contributed by atoms with Crippen LogP contribution in [0.3, 0.4) is 0 Å². The summed E-state index contributed by atoms with van der Waals surface area (Å²) in [5, 5.41) is 0. The first kappa shape index (κ1) is 18.3. The zero-order valence-corrected chi connectivity index (χ0v) is 16.0. The van der Waals surface area contributed by atoms with E-state index in [1.54, 1.807) is 19.2 Å². The third-order valence-electron chi connectivity index (χ3n) is 3.75. The van der Waals surface area contributed by atoms with E-state index in [9.17, 15) is 4.79 Å². The second kappa shape index (κ2) is 7.22. The molecular formula is C20H22BrNO2. The zero-order valence-electron chi connectivity index (χ0n) is 14.4. The molecule has 0 bridgehead atoms. The molecule has 0 aliphatic rings. The molecule has 3 nitrogen and oxygen atoms in total. The minimum Gasteiger partial charge on any atom is -0.496 e. The molecule has 2 rings (SSSR count). The maximum absolute atomic E-state index is 11.1. The number of hydrogen-bond acceptors (Lipinski definition) is 2. The van der Waals surface area contributed by atoms with Gasteiger partial charge in [0.2, 0.25) is 5.91 Å². The highest BCUT2D eigenvalue weighted by Gasteiger charge is 2.21. The lowest BCUT2D eigenvalue weighted by atomic mass is 9.85. The summed E-state index contributed by atoms with van der Waals surface area (Å²) in [5.41, 5.74) is 8.86. The summed E-state index contributed by atoms with van der Waals surface area (Å²) in [6.07, 6.45) is 4.00. The van der Waals surface area contributed by atoms with Crippen molar-refractivity contribution in [1.82, 2.24) is 0 Å². The molecule has 0 atom stereocenters. The van der Waals surface area contributed by atoms with Gasteiger partial charge in [-0.1, -0.05) is 61.0 Å². The normalized spacial score (nSPS) is 11.7. The Balaban J connectivity index is 2.41. The maximum Gasteiger partial charge on any atom is 0.248 e. The Labute approximate surface area is 151 Å². The minimum atomic E-state index is -0.422. The highest BCUT2D eigenvalue weighted by atomic mass is 79.9. The predicted molar refractivity (Wildman–Crippen MR) is 103 cm³/mol. The third-order valence-corrected chi connectivity index (χ3v) is 4.20. The molecule has 0 saturated carbocycles. The van der Waals surface area contributed by atoms with E-state index in [-0.39, 0.29) is 5.41 Å². The van der Waals surface area contributed by atoms with Crippen LogP contribution in [0.1, 0.15) is 47.8 Å². The first-order valence-corrected chi connectivity index (χ1v) is 8.47. The Kier molecular flexibility index (Phi) is 5.50. The SMILES string of the molecule is COc1c(C=Cc2ccc(C(N)=O)cc2)cc(Br)cc1C(C)(C)C. The van der Waals surface area contributed by atoms with Crippen molar-refractivity contribution in [3.05, 3.63) is 63.1 Å². The van der Waals surface area contributed by atoms with Crippen LogP contribution >= 0.6 is 15.9 Å². The van der Waals surface area contributed by atoms with Crippen LogP contribution in [0.4, 0.5) is 0 Å². The molecule has 0 heterocycles. The highest BCUT2D eigenvalue weighted by Crippen LogP contribution is 2.37. The monoisotopic (exact) mass is 387 g/mol. The van der Waals surface area contributed by atoms with Gasteiger partial charge in [-0.2, -0.15) is 0 Å². The van der Waals surface area contributed by atoms with Crippen molar-refractivity contribution in [2.45, 2.75) is 26.2 Å². The van der Waals surface area contributed by atoms with Crippen LogP contribution in [-0.2, 0) is 5.41 Å². The second-order valence-electron chi connectivity index (χ2n) is 6.65. The number of rotatable bonds is 4. The van der Waals surface area contributed by atoms with E-state index < -0.39 is 5.91 Å². The second-order valence-corrected chi connectivity index (χ2v) is 7.56. The Morgan fingerprint density at radius 2 is 1.75 bits per heavy atom. The summed E-state index contributed by atoms with van der Waals surface area (Å²) in [4.78, 5) is 11.1. The Morgan fingerprint density at radius 1 is 1.12 bits per heavy atom. The molecule has 1 amide bonds. The van der Waals surface area contributed by atoms with Gasteiger partial charge in [0.05, 0.1) is 7.11 Å². The van der Waals surface area contributed by atoms with Crippen molar-refractivity contribution < 1.29 is 9.53 Å². The van der Waals surface area contributed by atoms with Crippen LogP contribution in [0.15, 0.2) is 40.9 Å². The molecule has 0 radical (unpaired) electrons. The van der Waals surface area contributed by atoms with Gasteiger partial charge in [0, 0.05) is 21.2 Å². The fourth-order valence-electron chi connectivity index (χ4n) is 2.47. The summed E-state index contributed by atoms with van der Waals surface area (Å²) in [7, 11) is 1.69. The molecule has 126 valence electrons. The largest absolute Gasteiger partial charge is 0.496 e. The van der Waals surface area contributed by atoms with Gasteiger partial charge in [0.15, 0.2) is 0 Å². The summed E-state index contributed by atoms with van der Waals surface area (Å²) in [6.45, 7) is 6.48. The number of benzene rings is 2. The van der Waals surface area contributed by atoms with Crippen molar-refractivity contribution in [3.63, 3.8) is 0 Å². The van der Waals surface area contributed by atoms with Crippen molar-refractivity contribution in [2.24, 2.45) is 5.73 Å². The molecular weight excluding hydrogens is 366 g/mol. The van der Waals surface area contributed by atoms with E-state index in [0.29, 0.717) is 5.56 Å². The molecule has 0 saturated heterocycles. The summed E-state index contributed by atoms with van der Waals surface area (Å²) >= 11 is 3.58. The fraction of sp³-hybridized carbons (Fsp3) is 0.250. The zero-order chi connectivity index (χ0) is 17.9. The topological polar surface area (TPSA) is 52.3 Å². The number of nitrogens with two attached hydrogens (primary N) is 1. The number of ether oxygens (including phenoxy) is 1. The minimum absolute atomic E-state index is 0.0269. The quantitative estimate of drug-likeness (QED) is 0.748. The van der Waals surface area contributed by atoms with E-state index in [1.807, 2.05) is 30.4 Å². The van der Waals surface area contributed by atoms with E-state index in [1.165, 1.54) is 0 Å². The molecule has 0 aliphatic carbocycles. The summed E-state index contributed by atoms with van der Waals surface area (Å²) in [5.74, 6) is 0.449. The third kappa shape index (κ3) is 4.26. The summed E-state index contributed by atoms with van der Waals surface area (Å²) in [6, 6.07) is 11.3. The molecule has 0 aliphatic heterocycles. The lowest BCUT2D eigenvalue weighted by Gasteiger charge is -2.24. The predicted octanol–water partition coefficient (Wildman–Crippen LogP) is 5.02. The number of amides is 1. The molecule has 4 heteroatoms. The first-order chi connectivity index (χ1) is 11.2. The fourth-order valence-corrected chi connectivity index (χ4v) is 2.94. The molecule has 0 spiro atoms. The Hall–Kier alpha value is -2.07. The lowest BCUT2D eigenvalue weighted by molar-refractivity contribution is 0.100. The number of hydrogen-bond donors (Lipinski definition) is 1. The standard InChI is InChI=1S/C20H22BrNO2/c1-20(2,3)17-12-16(21)11-15(18(17)24-4)10-7-13-5-8-14(9-6-13)19(22)23/h5-12H,1-4H3,(H2,22,23). The van der Waals surface area contributed by atoms with E-state index in [0.717, 1.165) is 26.9 Å². The van der Waals surface area contributed by atoms with Gasteiger partial charge >= 0.3 is 0 Å². The molecule has 0 unspecified atom stereocenters. The molecule has 2 aromatic rings. The van der Waals surface area contributed by atoms with Crippen LogP contribution < -0.4 is 10.5 Å². The number of carbonyl (C=O) groups is 1. The van der Waals surface area contributed by atoms with E-state index in [2.05, 4.69) is 42.8 Å². The van der Waals surface area contributed by atoms with Gasteiger partial charge in [-0.15, -0.1) is 0 Å². The van der Waals surface area contributed by atoms with Gasteiger partial charge in [-0.3, -0.25) is 4.79 Å². The Bertz CT molecular complexity index is 771. The molecule has 2 N–H and O–H groups in total. The van der Waals surface area contributed by atoms with Crippen molar-refractivity contribution in [1.29, 1.82) is 0 Å². The first-order valence-electron chi connectivity index (χ1n) is 7.68. The number of methoxy groups -OCH3 is 1. The lowest BCUT2D eigenvalue weighted by Crippen LogP contribution is -2.13. The maximum atomic E-state index is 11.1. The average Bonchev–Trinajstić information content (AvgIpc) is 2.51.